The fraction of sp³-hybridized carbons (Fsp3) is 0.200. The highest BCUT2D eigenvalue weighted by Crippen LogP contribution is 2.32. The van der Waals surface area contributed by atoms with Crippen molar-refractivity contribution in [2.75, 3.05) is 0 Å². The molecule has 2 aliphatic rings. The van der Waals surface area contributed by atoms with E-state index in [2.05, 4.69) is 16.0 Å². The molecule has 4 rings (SSSR count). The number of nitrogens with zero attached hydrogens (tertiary/aromatic N) is 1. The molecule has 2 N–H and O–H groups in total. The van der Waals surface area contributed by atoms with Crippen molar-refractivity contribution < 1.29 is 9.59 Å². The minimum atomic E-state index is -0.563. The van der Waals surface area contributed by atoms with E-state index in [4.69, 9.17) is 0 Å². The van der Waals surface area contributed by atoms with Crippen LogP contribution >= 0.6 is 0 Å². The number of hydrogen-bond acceptors (Lipinski definition) is 2. The highest BCUT2D eigenvalue weighted by Gasteiger charge is 2.34. The molecule has 2 aromatic carbocycles. The summed E-state index contributed by atoms with van der Waals surface area (Å²) in [7, 11) is 0. The van der Waals surface area contributed by atoms with Gasteiger partial charge < -0.3 is 10.6 Å². The number of benzene rings is 2. The third-order valence-corrected chi connectivity index (χ3v) is 4.58. The molecule has 2 unspecified atom stereocenters. The van der Waals surface area contributed by atoms with Crippen molar-refractivity contribution in [1.29, 1.82) is 0 Å². The van der Waals surface area contributed by atoms with Gasteiger partial charge in [-0.1, -0.05) is 48.5 Å². The summed E-state index contributed by atoms with van der Waals surface area (Å²) in [6.45, 7) is 0. The van der Waals surface area contributed by atoms with Gasteiger partial charge in [-0.3, -0.25) is 14.9 Å². The van der Waals surface area contributed by atoms with E-state index in [-0.39, 0.29) is 11.8 Å². The first-order chi connectivity index (χ1) is 12.2. The van der Waals surface area contributed by atoms with Gasteiger partial charge in [0.2, 0.25) is 11.8 Å². The molecule has 2 atom stereocenters. The molecule has 2 amide bonds. The molecule has 5 nitrogen and oxygen atoms in total. The van der Waals surface area contributed by atoms with Crippen molar-refractivity contribution in [1.82, 2.24) is 16.0 Å². The highest BCUT2D eigenvalue weighted by molar-refractivity contribution is 5.98. The van der Waals surface area contributed by atoms with Crippen LogP contribution in [0.15, 0.2) is 60.8 Å². The fourth-order valence-electron chi connectivity index (χ4n) is 3.27. The van der Waals surface area contributed by atoms with E-state index in [0.717, 1.165) is 22.4 Å². The van der Waals surface area contributed by atoms with Crippen molar-refractivity contribution in [3.8, 4) is 0 Å². The minimum Gasteiger partial charge on any atom is -0.342 e. The molecule has 2 aliphatic heterocycles. The van der Waals surface area contributed by atoms with Crippen molar-refractivity contribution in [2.24, 2.45) is 0 Å². The topological polar surface area (TPSA) is 72.3 Å². The Bertz CT molecular complexity index is 845. The summed E-state index contributed by atoms with van der Waals surface area (Å²) in [5, 5.41) is 10.1. The van der Waals surface area contributed by atoms with Crippen LogP contribution < -0.4 is 16.0 Å². The van der Waals surface area contributed by atoms with E-state index in [1.165, 1.54) is 0 Å². The maximum absolute atomic E-state index is 12.5. The van der Waals surface area contributed by atoms with E-state index < -0.39 is 12.1 Å². The molecule has 0 aromatic heterocycles. The lowest BCUT2D eigenvalue weighted by atomic mass is 9.96. The predicted octanol–water partition coefficient (Wildman–Crippen LogP) is 1.89. The van der Waals surface area contributed by atoms with E-state index in [0.29, 0.717) is 12.8 Å². The quantitative estimate of drug-likeness (QED) is 0.897. The highest BCUT2D eigenvalue weighted by atomic mass is 16.2. The molecule has 0 aliphatic carbocycles. The van der Waals surface area contributed by atoms with E-state index in [1.807, 2.05) is 54.6 Å². The van der Waals surface area contributed by atoms with Gasteiger partial charge >= 0.3 is 0 Å². The summed E-state index contributed by atoms with van der Waals surface area (Å²) in [6, 6.07) is 16.4. The number of fused-ring (bicyclic) bond motifs is 1. The van der Waals surface area contributed by atoms with Crippen LogP contribution in [0.1, 0.15) is 17.5 Å². The lowest BCUT2D eigenvalue weighted by Crippen LogP contribution is -2.62. The van der Waals surface area contributed by atoms with Gasteiger partial charge in [-0.25, -0.2) is 0 Å². The van der Waals surface area contributed by atoms with Crippen LogP contribution in [-0.4, -0.2) is 23.9 Å². The number of carbonyl (C=O) groups excluding carboxylic acids is 2. The summed E-state index contributed by atoms with van der Waals surface area (Å²) in [6.07, 6.45) is 2.71. The van der Waals surface area contributed by atoms with Gasteiger partial charge in [0.1, 0.15) is 12.1 Å². The number of hydrogen-bond donors (Lipinski definition) is 2. The summed E-state index contributed by atoms with van der Waals surface area (Å²) in [5.41, 5.74) is 3.92. The van der Waals surface area contributed by atoms with E-state index in [9.17, 15) is 9.59 Å². The average molecular weight is 332 g/mol. The molecule has 2 heterocycles. The Morgan fingerprint density at radius 3 is 2.20 bits per heavy atom. The average Bonchev–Trinajstić information content (AvgIpc) is 3.03. The van der Waals surface area contributed by atoms with Crippen LogP contribution in [0, 0.1) is 0 Å². The Morgan fingerprint density at radius 2 is 1.44 bits per heavy atom. The number of para-hydroxylation sites is 1. The number of nitrogens with one attached hydrogen (secondary N) is 2. The van der Waals surface area contributed by atoms with Crippen molar-refractivity contribution in [2.45, 2.75) is 24.9 Å². The van der Waals surface area contributed by atoms with Gasteiger partial charge in [0.25, 0.3) is 0 Å². The van der Waals surface area contributed by atoms with Gasteiger partial charge in [-0.05, 0) is 17.2 Å². The summed E-state index contributed by atoms with van der Waals surface area (Å²) >= 11 is 0. The zero-order valence-corrected chi connectivity index (χ0v) is 13.6. The number of rotatable bonds is 4. The molecular weight excluding hydrogens is 314 g/mol. The van der Waals surface area contributed by atoms with Crippen molar-refractivity contribution in [3.05, 3.63) is 71.9 Å². The molecule has 1 saturated heterocycles. The molecule has 125 valence electrons. The lowest BCUT2D eigenvalue weighted by molar-refractivity contribution is -0.136. The first-order valence-electron chi connectivity index (χ1n) is 8.35. The SMILES string of the molecule is O=C1NC(Cc2ccccc2)C(=O)NC1CC1=C[N]c2ccccc21. The first kappa shape index (κ1) is 15.4. The van der Waals surface area contributed by atoms with Crippen LogP contribution in [-0.2, 0) is 16.0 Å². The largest absolute Gasteiger partial charge is 0.342 e. The second-order valence-electron chi connectivity index (χ2n) is 6.32. The molecular formula is C20H18N3O2. The molecule has 1 fully saturated rings. The van der Waals surface area contributed by atoms with Gasteiger partial charge in [-0.15, -0.1) is 0 Å². The Labute approximate surface area is 146 Å². The second kappa shape index (κ2) is 6.43. The van der Waals surface area contributed by atoms with Gasteiger partial charge in [-0.2, -0.15) is 0 Å². The molecule has 2 aromatic rings. The van der Waals surface area contributed by atoms with Crippen LogP contribution in [0.3, 0.4) is 0 Å². The van der Waals surface area contributed by atoms with Gasteiger partial charge in [0.05, 0.1) is 5.69 Å². The molecule has 25 heavy (non-hydrogen) atoms. The zero-order valence-electron chi connectivity index (χ0n) is 13.6. The monoisotopic (exact) mass is 332 g/mol. The third kappa shape index (κ3) is 3.13. The van der Waals surface area contributed by atoms with Crippen LogP contribution in [0.25, 0.3) is 5.57 Å². The Balaban J connectivity index is 1.43. The standard InChI is InChI=1S/C20H18N3O2/c24-19-17(10-13-6-2-1-3-7-13)22-20(25)18(23-19)11-14-12-21-16-9-5-4-8-15(14)16/h1-9,12,17-18H,10-11H2,(H,22,25)(H,23,24). The maximum Gasteiger partial charge on any atom is 0.243 e. The minimum absolute atomic E-state index is 0.141. The van der Waals surface area contributed by atoms with Gasteiger partial charge in [0.15, 0.2) is 0 Å². The Kier molecular flexibility index (Phi) is 3.98. The first-order valence-corrected chi connectivity index (χ1v) is 8.35. The van der Waals surface area contributed by atoms with Crippen molar-refractivity contribution in [3.63, 3.8) is 0 Å². The van der Waals surface area contributed by atoms with Crippen molar-refractivity contribution >= 4 is 23.1 Å². The van der Waals surface area contributed by atoms with E-state index >= 15 is 0 Å². The zero-order chi connectivity index (χ0) is 17.2. The third-order valence-electron chi connectivity index (χ3n) is 4.58. The summed E-state index contributed by atoms with van der Waals surface area (Å²) in [4.78, 5) is 24.9. The molecule has 5 heteroatoms. The molecule has 1 radical (unpaired) electrons. The smallest absolute Gasteiger partial charge is 0.243 e. The Hall–Kier alpha value is -3.08. The van der Waals surface area contributed by atoms with Crippen LogP contribution in [0.4, 0.5) is 5.69 Å². The van der Waals surface area contributed by atoms with E-state index in [1.54, 1.807) is 6.20 Å². The maximum atomic E-state index is 12.5. The Morgan fingerprint density at radius 1 is 0.800 bits per heavy atom. The van der Waals surface area contributed by atoms with Crippen LogP contribution in [0.5, 0.6) is 0 Å². The second-order valence-corrected chi connectivity index (χ2v) is 6.32. The summed E-state index contributed by atoms with van der Waals surface area (Å²) < 4.78 is 0. The number of piperazine rings is 1. The molecule has 0 bridgehead atoms. The number of carbonyl (C=O) groups is 2. The normalized spacial score (nSPS) is 21.7. The summed E-state index contributed by atoms with van der Waals surface area (Å²) in [5.74, 6) is -0.289. The number of amides is 2. The predicted molar refractivity (Wildman–Crippen MR) is 94.8 cm³/mol. The van der Waals surface area contributed by atoms with Gasteiger partial charge in [0, 0.05) is 24.6 Å². The lowest BCUT2D eigenvalue weighted by Gasteiger charge is -2.30. The molecule has 0 saturated carbocycles. The molecule has 0 spiro atoms. The fourth-order valence-corrected chi connectivity index (χ4v) is 3.27. The van der Waals surface area contributed by atoms with Crippen LogP contribution in [0.2, 0.25) is 0 Å².